The largest absolute Gasteiger partial charge is 0.340 e. The van der Waals surface area contributed by atoms with E-state index in [1.807, 2.05) is 0 Å². The van der Waals surface area contributed by atoms with E-state index < -0.39 is 0 Å². The molecular weight excluding hydrogens is 336 g/mol. The Morgan fingerprint density at radius 1 is 0.889 bits per heavy atom. The Morgan fingerprint density at radius 2 is 1.67 bits per heavy atom. The first-order chi connectivity index (χ1) is 13.3. The van der Waals surface area contributed by atoms with Gasteiger partial charge in [-0.05, 0) is 43.2 Å². The van der Waals surface area contributed by atoms with Crippen LogP contribution in [0.4, 0.5) is 0 Å². The first-order valence-electron chi connectivity index (χ1n) is 10.9. The fourth-order valence-electron chi connectivity index (χ4n) is 5.80. The van der Waals surface area contributed by atoms with E-state index in [2.05, 4.69) is 44.9 Å². The Hall–Kier alpha value is -1.43. The second-order valence-electron chi connectivity index (χ2n) is 8.87. The van der Waals surface area contributed by atoms with Gasteiger partial charge in [0.1, 0.15) is 6.04 Å². The highest BCUT2D eigenvalue weighted by Crippen LogP contribution is 2.31. The maximum atomic E-state index is 13.2. The lowest BCUT2D eigenvalue weighted by Crippen LogP contribution is -2.49. The number of amides is 1. The van der Waals surface area contributed by atoms with E-state index in [-0.39, 0.29) is 6.04 Å². The molecule has 3 fully saturated rings. The molecule has 0 bridgehead atoms. The molecule has 2 aliphatic heterocycles. The summed E-state index contributed by atoms with van der Waals surface area (Å²) in [6.45, 7) is 3.91. The van der Waals surface area contributed by atoms with Crippen LogP contribution in [0.3, 0.4) is 0 Å². The van der Waals surface area contributed by atoms with Crippen LogP contribution >= 0.6 is 0 Å². The number of hydrogen-bond acceptors (Lipinski definition) is 4. The summed E-state index contributed by atoms with van der Waals surface area (Å²) in [5, 5.41) is 0. The molecule has 0 radical (unpaired) electrons. The van der Waals surface area contributed by atoms with Gasteiger partial charge in [-0.1, -0.05) is 37.1 Å². The maximum Gasteiger partial charge on any atom is 0.241 e. The number of nitrogens with zero attached hydrogens (tertiary/aromatic N) is 2. The smallest absolute Gasteiger partial charge is 0.241 e. The molecule has 146 valence electrons. The van der Waals surface area contributed by atoms with E-state index in [0.29, 0.717) is 23.9 Å². The van der Waals surface area contributed by atoms with E-state index in [9.17, 15) is 4.79 Å². The predicted octanol–water partition coefficient (Wildman–Crippen LogP) is 1.72. The van der Waals surface area contributed by atoms with Crippen molar-refractivity contribution in [2.75, 3.05) is 26.2 Å². The van der Waals surface area contributed by atoms with Crippen LogP contribution in [0.25, 0.3) is 0 Å². The SMILES string of the molecule is O=C(C1NNC2CCCCC21)N1CCCN(C2Cc3ccccc3C2)CC1. The van der Waals surface area contributed by atoms with Crippen molar-refractivity contribution in [3.8, 4) is 0 Å². The molecule has 2 N–H and O–H groups in total. The molecule has 0 aromatic heterocycles. The monoisotopic (exact) mass is 368 g/mol. The number of fused-ring (bicyclic) bond motifs is 2. The highest BCUT2D eigenvalue weighted by molar-refractivity contribution is 5.82. The Labute approximate surface area is 162 Å². The summed E-state index contributed by atoms with van der Waals surface area (Å²) < 4.78 is 0. The Morgan fingerprint density at radius 3 is 2.48 bits per heavy atom. The summed E-state index contributed by atoms with van der Waals surface area (Å²) in [7, 11) is 0. The first kappa shape index (κ1) is 17.7. The zero-order valence-corrected chi connectivity index (χ0v) is 16.2. The third-order valence-corrected chi connectivity index (χ3v) is 7.33. The second kappa shape index (κ2) is 7.53. The minimum absolute atomic E-state index is 0.0161. The van der Waals surface area contributed by atoms with Gasteiger partial charge in [0, 0.05) is 44.2 Å². The summed E-state index contributed by atoms with van der Waals surface area (Å²) in [4.78, 5) is 18.0. The minimum Gasteiger partial charge on any atom is -0.340 e. The second-order valence-corrected chi connectivity index (χ2v) is 8.87. The van der Waals surface area contributed by atoms with Crippen molar-refractivity contribution in [2.24, 2.45) is 5.92 Å². The van der Waals surface area contributed by atoms with Gasteiger partial charge in [0.2, 0.25) is 5.91 Å². The standard InChI is InChI=1S/C22H32N4O/c27-22(21-19-8-3-4-9-20(19)23-24-21)26-11-5-10-25(12-13-26)18-14-16-6-1-2-7-17(16)15-18/h1-2,6-7,18-21,23-24H,3-5,8-15H2. The highest BCUT2D eigenvalue weighted by atomic mass is 16.2. The molecule has 1 amide bonds. The van der Waals surface area contributed by atoms with Crippen LogP contribution in [-0.4, -0.2) is 60.0 Å². The molecule has 1 saturated carbocycles. The molecule has 3 unspecified atom stereocenters. The van der Waals surface area contributed by atoms with Crippen LogP contribution in [0.15, 0.2) is 24.3 Å². The normalized spacial score (nSPS) is 32.1. The number of hydrazine groups is 1. The van der Waals surface area contributed by atoms with Gasteiger partial charge in [0.15, 0.2) is 0 Å². The predicted molar refractivity (Wildman–Crippen MR) is 106 cm³/mol. The Bertz CT molecular complexity index is 668. The van der Waals surface area contributed by atoms with Gasteiger partial charge in [0.25, 0.3) is 0 Å². The van der Waals surface area contributed by atoms with Gasteiger partial charge in [-0.25, -0.2) is 5.43 Å². The van der Waals surface area contributed by atoms with Crippen LogP contribution < -0.4 is 10.9 Å². The molecule has 5 rings (SSSR count). The van der Waals surface area contributed by atoms with Crippen molar-refractivity contribution in [1.82, 2.24) is 20.7 Å². The third-order valence-electron chi connectivity index (χ3n) is 7.33. The zero-order chi connectivity index (χ0) is 18.2. The first-order valence-corrected chi connectivity index (χ1v) is 10.9. The van der Waals surface area contributed by atoms with Crippen LogP contribution in [0.5, 0.6) is 0 Å². The van der Waals surface area contributed by atoms with Crippen LogP contribution in [-0.2, 0) is 17.6 Å². The maximum absolute atomic E-state index is 13.2. The number of carbonyl (C=O) groups excluding carboxylic acids is 1. The quantitative estimate of drug-likeness (QED) is 0.835. The van der Waals surface area contributed by atoms with Gasteiger partial charge >= 0.3 is 0 Å². The number of carbonyl (C=O) groups is 1. The van der Waals surface area contributed by atoms with Crippen LogP contribution in [0.2, 0.25) is 0 Å². The number of rotatable bonds is 2. The van der Waals surface area contributed by atoms with E-state index in [0.717, 1.165) is 32.6 Å². The molecule has 5 nitrogen and oxygen atoms in total. The molecule has 2 aliphatic carbocycles. The molecule has 2 saturated heterocycles. The lowest BCUT2D eigenvalue weighted by atomic mass is 9.81. The number of hydrogen-bond donors (Lipinski definition) is 2. The topological polar surface area (TPSA) is 47.6 Å². The Kier molecular flexibility index (Phi) is 4.92. The lowest BCUT2D eigenvalue weighted by Gasteiger charge is -2.30. The van der Waals surface area contributed by atoms with Crippen molar-refractivity contribution in [1.29, 1.82) is 0 Å². The average molecular weight is 369 g/mol. The van der Waals surface area contributed by atoms with Gasteiger partial charge < -0.3 is 4.90 Å². The summed E-state index contributed by atoms with van der Waals surface area (Å²) in [5.74, 6) is 0.809. The van der Waals surface area contributed by atoms with Gasteiger partial charge in [0.05, 0.1) is 0 Å². The van der Waals surface area contributed by atoms with Crippen molar-refractivity contribution >= 4 is 5.91 Å². The van der Waals surface area contributed by atoms with Crippen LogP contribution in [0.1, 0.15) is 43.2 Å². The van der Waals surface area contributed by atoms with E-state index in [1.54, 1.807) is 0 Å². The fourth-order valence-corrected chi connectivity index (χ4v) is 5.80. The molecule has 1 aromatic carbocycles. The molecule has 27 heavy (non-hydrogen) atoms. The van der Waals surface area contributed by atoms with Crippen molar-refractivity contribution in [2.45, 2.75) is 63.1 Å². The highest BCUT2D eigenvalue weighted by Gasteiger charge is 2.42. The Balaban J connectivity index is 1.20. The minimum atomic E-state index is -0.0161. The van der Waals surface area contributed by atoms with Crippen LogP contribution in [0, 0.1) is 5.92 Å². The van der Waals surface area contributed by atoms with E-state index >= 15 is 0 Å². The zero-order valence-electron chi connectivity index (χ0n) is 16.2. The molecule has 1 aromatic rings. The average Bonchev–Trinajstić information content (AvgIpc) is 3.24. The number of nitrogens with one attached hydrogen (secondary N) is 2. The lowest BCUT2D eigenvalue weighted by molar-refractivity contribution is -0.134. The molecule has 0 spiro atoms. The molecular formula is C22H32N4O. The summed E-state index contributed by atoms with van der Waals surface area (Å²) >= 11 is 0. The van der Waals surface area contributed by atoms with Gasteiger partial charge in [-0.15, -0.1) is 0 Å². The molecule has 4 aliphatic rings. The fraction of sp³-hybridized carbons (Fsp3) is 0.682. The van der Waals surface area contributed by atoms with E-state index in [1.165, 1.54) is 49.7 Å². The van der Waals surface area contributed by atoms with E-state index in [4.69, 9.17) is 0 Å². The summed E-state index contributed by atoms with van der Waals surface area (Å²) in [6.07, 6.45) is 8.37. The van der Waals surface area contributed by atoms with Crippen molar-refractivity contribution in [3.05, 3.63) is 35.4 Å². The molecule has 2 heterocycles. The number of benzene rings is 1. The van der Waals surface area contributed by atoms with Crippen molar-refractivity contribution in [3.63, 3.8) is 0 Å². The summed E-state index contributed by atoms with van der Waals surface area (Å²) in [6, 6.07) is 9.97. The molecule has 3 atom stereocenters. The molecule has 5 heteroatoms. The third kappa shape index (κ3) is 3.41. The summed E-state index contributed by atoms with van der Waals surface area (Å²) in [5.41, 5.74) is 9.78. The van der Waals surface area contributed by atoms with Gasteiger partial charge in [-0.2, -0.15) is 0 Å². The van der Waals surface area contributed by atoms with Gasteiger partial charge in [-0.3, -0.25) is 15.1 Å². The van der Waals surface area contributed by atoms with Crippen molar-refractivity contribution < 1.29 is 4.79 Å².